The summed E-state index contributed by atoms with van der Waals surface area (Å²) in [5, 5.41) is 1.84. The summed E-state index contributed by atoms with van der Waals surface area (Å²) in [6.07, 6.45) is 0.347. The minimum absolute atomic E-state index is 0.103. The summed E-state index contributed by atoms with van der Waals surface area (Å²) >= 11 is 1.41. The topological polar surface area (TPSA) is 61.8 Å². The maximum absolute atomic E-state index is 12.0. The number of carbonyl (C=O) groups is 2. The lowest BCUT2D eigenvalue weighted by Gasteiger charge is -2.12. The van der Waals surface area contributed by atoms with Gasteiger partial charge >= 0.3 is 5.97 Å². The van der Waals surface area contributed by atoms with Crippen molar-refractivity contribution in [1.29, 1.82) is 0 Å². The minimum Gasteiger partial charge on any atom is -0.465 e. The van der Waals surface area contributed by atoms with E-state index >= 15 is 0 Å². The normalized spacial score (nSPS) is 11.7. The molecule has 0 atom stereocenters. The van der Waals surface area contributed by atoms with Crippen LogP contribution in [0.25, 0.3) is 6.08 Å². The molecular formula is C12H14O5S. The van der Waals surface area contributed by atoms with E-state index in [-0.39, 0.29) is 5.57 Å². The Labute approximate surface area is 109 Å². The van der Waals surface area contributed by atoms with Gasteiger partial charge in [0.2, 0.25) is 12.1 Å². The van der Waals surface area contributed by atoms with E-state index in [0.29, 0.717) is 0 Å². The molecule has 0 radical (unpaired) electrons. The van der Waals surface area contributed by atoms with Gasteiger partial charge in [-0.1, -0.05) is 6.07 Å². The number of hydrogen-bond acceptors (Lipinski definition) is 6. The highest BCUT2D eigenvalue weighted by Crippen LogP contribution is 2.16. The molecule has 18 heavy (non-hydrogen) atoms. The predicted octanol–water partition coefficient (Wildman–Crippen LogP) is 1.49. The van der Waals surface area contributed by atoms with Crippen molar-refractivity contribution in [3.8, 4) is 0 Å². The summed E-state index contributed by atoms with van der Waals surface area (Å²) in [4.78, 5) is 24.4. The fraction of sp³-hybridized carbons (Fsp3) is 0.333. The summed E-state index contributed by atoms with van der Waals surface area (Å²) < 4.78 is 14.3. The third-order valence-corrected chi connectivity index (χ3v) is 2.96. The molecule has 0 aliphatic carbocycles. The zero-order chi connectivity index (χ0) is 13.5. The van der Waals surface area contributed by atoms with Gasteiger partial charge in [0.25, 0.3) is 0 Å². The molecule has 0 N–H and O–H groups in total. The number of rotatable bonds is 6. The first-order valence-electron chi connectivity index (χ1n) is 5.07. The molecule has 0 fully saturated rings. The Morgan fingerprint density at radius 1 is 1.28 bits per heavy atom. The van der Waals surface area contributed by atoms with Gasteiger partial charge in [-0.2, -0.15) is 0 Å². The van der Waals surface area contributed by atoms with Crippen molar-refractivity contribution in [1.82, 2.24) is 0 Å². The van der Waals surface area contributed by atoms with Crippen LogP contribution in [0, 0.1) is 0 Å². The van der Waals surface area contributed by atoms with Crippen LogP contribution in [0.15, 0.2) is 23.1 Å². The van der Waals surface area contributed by atoms with Gasteiger partial charge in [-0.05, 0) is 17.5 Å². The molecule has 0 aromatic carbocycles. The van der Waals surface area contributed by atoms with Crippen LogP contribution in [-0.4, -0.2) is 39.4 Å². The Hall–Kier alpha value is -1.50. The molecule has 98 valence electrons. The second-order valence-corrected chi connectivity index (χ2v) is 4.21. The Morgan fingerprint density at radius 2 is 1.94 bits per heavy atom. The first-order chi connectivity index (χ1) is 8.63. The van der Waals surface area contributed by atoms with Crippen LogP contribution in [0.3, 0.4) is 0 Å². The highest BCUT2D eigenvalue weighted by Gasteiger charge is 2.27. The summed E-state index contributed by atoms with van der Waals surface area (Å²) in [5.41, 5.74) is -0.103. The standard InChI is InChI=1S/C12H14O5S/c1-15-11(14)9(7-8-5-4-6-18-8)10(13)12(16-2)17-3/h4-7,12H,1-3H3. The number of carbonyl (C=O) groups excluding carboxylic acids is 2. The number of ketones is 1. The second kappa shape index (κ2) is 7.05. The van der Waals surface area contributed by atoms with Crippen molar-refractivity contribution in [2.75, 3.05) is 21.3 Å². The molecular weight excluding hydrogens is 256 g/mol. The van der Waals surface area contributed by atoms with E-state index in [0.717, 1.165) is 4.88 Å². The molecule has 0 bridgehead atoms. The molecule has 0 saturated heterocycles. The smallest absolute Gasteiger partial charge is 0.341 e. The Bertz CT molecular complexity index is 431. The van der Waals surface area contributed by atoms with E-state index in [1.165, 1.54) is 38.7 Å². The number of thiophene rings is 1. The summed E-state index contributed by atoms with van der Waals surface area (Å²) in [7, 11) is 3.87. The molecule has 6 heteroatoms. The molecule has 1 aromatic heterocycles. The molecule has 0 aliphatic heterocycles. The third kappa shape index (κ3) is 3.49. The Balaban J connectivity index is 3.06. The zero-order valence-electron chi connectivity index (χ0n) is 10.3. The largest absolute Gasteiger partial charge is 0.465 e. The first kappa shape index (κ1) is 14.6. The number of ether oxygens (including phenoxy) is 3. The van der Waals surface area contributed by atoms with Crippen molar-refractivity contribution in [2.24, 2.45) is 0 Å². The van der Waals surface area contributed by atoms with Crippen molar-refractivity contribution in [3.63, 3.8) is 0 Å². The van der Waals surface area contributed by atoms with Gasteiger partial charge in [0.05, 0.1) is 7.11 Å². The zero-order valence-corrected chi connectivity index (χ0v) is 11.2. The molecule has 0 aliphatic rings. The lowest BCUT2D eigenvalue weighted by atomic mass is 10.1. The first-order valence-corrected chi connectivity index (χ1v) is 5.95. The van der Waals surface area contributed by atoms with Crippen LogP contribution in [0.1, 0.15) is 4.88 Å². The van der Waals surface area contributed by atoms with Crippen LogP contribution in [0.5, 0.6) is 0 Å². The molecule has 0 saturated carbocycles. The summed E-state index contributed by atoms with van der Waals surface area (Å²) in [5.74, 6) is -1.28. The van der Waals surface area contributed by atoms with E-state index in [9.17, 15) is 9.59 Å². The molecule has 1 rings (SSSR count). The van der Waals surface area contributed by atoms with Crippen LogP contribution < -0.4 is 0 Å². The monoisotopic (exact) mass is 270 g/mol. The lowest BCUT2D eigenvalue weighted by molar-refractivity contribution is -0.155. The maximum Gasteiger partial charge on any atom is 0.341 e. The van der Waals surface area contributed by atoms with Crippen LogP contribution in [-0.2, 0) is 23.8 Å². The molecule has 0 spiro atoms. The van der Waals surface area contributed by atoms with Crippen LogP contribution in [0.2, 0.25) is 0 Å². The molecule has 0 unspecified atom stereocenters. The average molecular weight is 270 g/mol. The highest BCUT2D eigenvalue weighted by molar-refractivity contribution is 7.10. The average Bonchev–Trinajstić information content (AvgIpc) is 2.89. The van der Waals surface area contributed by atoms with Crippen molar-refractivity contribution >= 4 is 29.2 Å². The number of esters is 1. The van der Waals surface area contributed by atoms with Crippen LogP contribution in [0.4, 0.5) is 0 Å². The lowest BCUT2D eigenvalue weighted by Crippen LogP contribution is -2.29. The second-order valence-electron chi connectivity index (χ2n) is 3.23. The van der Waals surface area contributed by atoms with Gasteiger partial charge in [0.1, 0.15) is 5.57 Å². The van der Waals surface area contributed by atoms with E-state index in [4.69, 9.17) is 9.47 Å². The van der Waals surface area contributed by atoms with Gasteiger partial charge in [-0.3, -0.25) is 4.79 Å². The van der Waals surface area contributed by atoms with Crippen molar-refractivity contribution in [3.05, 3.63) is 28.0 Å². The molecule has 0 amide bonds. The third-order valence-electron chi connectivity index (χ3n) is 2.14. The van der Waals surface area contributed by atoms with E-state index in [1.807, 2.05) is 11.4 Å². The molecule has 1 heterocycles. The highest BCUT2D eigenvalue weighted by atomic mass is 32.1. The fourth-order valence-electron chi connectivity index (χ4n) is 1.29. The van der Waals surface area contributed by atoms with Gasteiger partial charge < -0.3 is 14.2 Å². The van der Waals surface area contributed by atoms with Crippen LogP contribution >= 0.6 is 11.3 Å². The maximum atomic E-state index is 12.0. The summed E-state index contributed by atoms with van der Waals surface area (Å²) in [6, 6.07) is 3.61. The van der Waals surface area contributed by atoms with Crippen molar-refractivity contribution < 1.29 is 23.8 Å². The minimum atomic E-state index is -1.12. The fourth-order valence-corrected chi connectivity index (χ4v) is 1.95. The SMILES string of the molecule is COC(=O)C(=Cc1cccs1)C(=O)C(OC)OC. The quantitative estimate of drug-likeness (QED) is 0.258. The van der Waals surface area contributed by atoms with Gasteiger partial charge in [0, 0.05) is 19.1 Å². The number of Topliss-reactive ketones (excluding diaryl/α,β-unsaturated/α-hetero) is 1. The van der Waals surface area contributed by atoms with Gasteiger partial charge in [-0.25, -0.2) is 4.79 Å². The van der Waals surface area contributed by atoms with Gasteiger partial charge in [0.15, 0.2) is 0 Å². The van der Waals surface area contributed by atoms with Gasteiger partial charge in [-0.15, -0.1) is 11.3 Å². The summed E-state index contributed by atoms with van der Waals surface area (Å²) in [6.45, 7) is 0. The van der Waals surface area contributed by atoms with E-state index < -0.39 is 18.0 Å². The molecule has 5 nitrogen and oxygen atoms in total. The predicted molar refractivity (Wildman–Crippen MR) is 67.1 cm³/mol. The number of methoxy groups -OCH3 is 3. The van der Waals surface area contributed by atoms with E-state index in [1.54, 1.807) is 6.07 Å². The molecule has 1 aromatic rings. The van der Waals surface area contributed by atoms with E-state index in [2.05, 4.69) is 4.74 Å². The Kier molecular flexibility index (Phi) is 5.70. The Morgan fingerprint density at radius 3 is 2.39 bits per heavy atom. The number of hydrogen-bond donors (Lipinski definition) is 0. The van der Waals surface area contributed by atoms with Crippen molar-refractivity contribution in [2.45, 2.75) is 6.29 Å².